The van der Waals surface area contributed by atoms with Crippen LogP contribution < -0.4 is 9.96 Å². The fraction of sp³-hybridized carbons (Fsp3) is 0.192. The molecule has 3 aromatic carbocycles. The minimum atomic E-state index is -1.11. The number of fused-ring (bicyclic) bond motifs is 1. The number of hydroxylamine groups is 1. The van der Waals surface area contributed by atoms with Crippen LogP contribution in [0.1, 0.15) is 28.9 Å². The normalized spacial score (nSPS) is 21.0. The number of nitro groups is 1. The molecule has 0 aliphatic carbocycles. The molecule has 3 aromatic rings. The molecule has 3 atom stereocenters. The van der Waals surface area contributed by atoms with E-state index in [0.717, 1.165) is 4.90 Å². The Morgan fingerprint density at radius 3 is 2.33 bits per heavy atom. The zero-order chi connectivity index (χ0) is 25.4. The highest BCUT2D eigenvalue weighted by molar-refractivity contribution is 6.24. The quantitative estimate of drug-likeness (QED) is 0.223. The highest BCUT2D eigenvalue weighted by Gasteiger charge is 2.60. The number of imide groups is 1. The second kappa shape index (κ2) is 9.23. The summed E-state index contributed by atoms with van der Waals surface area (Å²) >= 11 is 0. The van der Waals surface area contributed by atoms with Crippen molar-refractivity contribution in [1.29, 1.82) is 0 Å². The van der Waals surface area contributed by atoms with Crippen LogP contribution in [0, 0.1) is 16.0 Å². The molecule has 10 nitrogen and oxygen atoms in total. The lowest BCUT2D eigenvalue weighted by Gasteiger charge is -2.28. The van der Waals surface area contributed by atoms with Crippen LogP contribution in [-0.2, 0) is 19.2 Å². The topological polar surface area (TPSA) is 119 Å². The largest absolute Gasteiger partial charge is 0.462 e. The van der Waals surface area contributed by atoms with E-state index in [9.17, 15) is 24.5 Å². The number of ether oxygens (including phenoxy) is 1. The van der Waals surface area contributed by atoms with Gasteiger partial charge >= 0.3 is 5.97 Å². The Balaban J connectivity index is 1.54. The van der Waals surface area contributed by atoms with Gasteiger partial charge in [0.2, 0.25) is 5.91 Å². The molecule has 2 heterocycles. The number of carbonyl (C=O) groups is 3. The zero-order valence-corrected chi connectivity index (χ0v) is 19.1. The van der Waals surface area contributed by atoms with Gasteiger partial charge < -0.3 is 4.74 Å². The van der Waals surface area contributed by atoms with Gasteiger partial charge in [-0.3, -0.25) is 24.5 Å². The van der Waals surface area contributed by atoms with E-state index in [1.807, 2.05) is 6.07 Å². The Labute approximate surface area is 205 Å². The number of anilines is 2. The van der Waals surface area contributed by atoms with Crippen LogP contribution in [0.5, 0.6) is 0 Å². The number of nitro benzene ring substituents is 1. The number of hydrogen-bond acceptors (Lipinski definition) is 8. The van der Waals surface area contributed by atoms with Crippen molar-refractivity contribution < 1.29 is 28.9 Å². The van der Waals surface area contributed by atoms with Gasteiger partial charge in [-0.25, -0.2) is 14.8 Å². The maximum atomic E-state index is 13.7. The Morgan fingerprint density at radius 1 is 0.972 bits per heavy atom. The summed E-state index contributed by atoms with van der Waals surface area (Å²) < 4.78 is 5.03. The van der Waals surface area contributed by atoms with E-state index in [1.54, 1.807) is 61.5 Å². The van der Waals surface area contributed by atoms with E-state index in [4.69, 9.17) is 9.57 Å². The molecule has 0 radical (unpaired) electrons. The average Bonchev–Trinajstić information content (AvgIpc) is 3.40. The molecule has 3 unspecified atom stereocenters. The second-order valence-corrected chi connectivity index (χ2v) is 8.29. The van der Waals surface area contributed by atoms with Crippen LogP contribution in [0.15, 0.2) is 78.9 Å². The van der Waals surface area contributed by atoms with E-state index >= 15 is 0 Å². The molecule has 0 bridgehead atoms. The maximum Gasteiger partial charge on any atom is 0.338 e. The summed E-state index contributed by atoms with van der Waals surface area (Å²) in [5.41, 5.74) is 1.58. The predicted molar refractivity (Wildman–Crippen MR) is 128 cm³/mol. The highest BCUT2D eigenvalue weighted by Crippen LogP contribution is 2.47. The zero-order valence-electron chi connectivity index (χ0n) is 19.1. The minimum absolute atomic E-state index is 0.0910. The predicted octanol–water partition coefficient (Wildman–Crippen LogP) is 3.82. The molecule has 0 saturated carbocycles. The van der Waals surface area contributed by atoms with E-state index in [-0.39, 0.29) is 23.5 Å². The lowest BCUT2D eigenvalue weighted by atomic mass is 9.90. The average molecular weight is 487 g/mol. The van der Waals surface area contributed by atoms with Crippen molar-refractivity contribution in [2.45, 2.75) is 19.1 Å². The second-order valence-electron chi connectivity index (χ2n) is 8.29. The Bertz CT molecular complexity index is 1340. The van der Waals surface area contributed by atoms with Gasteiger partial charge in [0.05, 0.1) is 34.5 Å². The molecule has 182 valence electrons. The number of non-ortho nitro benzene ring substituents is 1. The van der Waals surface area contributed by atoms with Gasteiger partial charge in [0.25, 0.3) is 11.6 Å². The number of rotatable bonds is 6. The SMILES string of the molecule is CCOC(=O)c1cccc(N2C(=O)C3ON(c4ccccc4)C(c4ccc([N+](=O)[O-])cc4)C3C2=O)c1. The molecule has 2 saturated heterocycles. The summed E-state index contributed by atoms with van der Waals surface area (Å²) in [6.07, 6.45) is -1.11. The van der Waals surface area contributed by atoms with E-state index in [0.29, 0.717) is 11.3 Å². The summed E-state index contributed by atoms with van der Waals surface area (Å²) in [4.78, 5) is 57.1. The molecule has 5 rings (SSSR count). The minimum Gasteiger partial charge on any atom is -0.462 e. The van der Waals surface area contributed by atoms with Crippen LogP contribution in [-0.4, -0.2) is 35.4 Å². The molecular formula is C26H21N3O7. The van der Waals surface area contributed by atoms with Gasteiger partial charge in [0.15, 0.2) is 6.10 Å². The molecule has 0 spiro atoms. The number of nitrogens with zero attached hydrogens (tertiary/aromatic N) is 3. The number of para-hydroxylation sites is 1. The highest BCUT2D eigenvalue weighted by atomic mass is 16.7. The van der Waals surface area contributed by atoms with Crippen LogP contribution in [0.4, 0.5) is 17.1 Å². The Morgan fingerprint density at radius 2 is 1.67 bits per heavy atom. The van der Waals surface area contributed by atoms with Crippen molar-refractivity contribution in [3.8, 4) is 0 Å². The fourth-order valence-corrected chi connectivity index (χ4v) is 4.59. The summed E-state index contributed by atoms with van der Waals surface area (Å²) in [5.74, 6) is -2.52. The van der Waals surface area contributed by atoms with Crippen molar-refractivity contribution in [1.82, 2.24) is 0 Å². The van der Waals surface area contributed by atoms with Crippen molar-refractivity contribution in [2.75, 3.05) is 16.6 Å². The van der Waals surface area contributed by atoms with Gasteiger partial charge in [-0.2, -0.15) is 0 Å². The van der Waals surface area contributed by atoms with E-state index in [1.165, 1.54) is 23.3 Å². The lowest BCUT2D eigenvalue weighted by molar-refractivity contribution is -0.384. The van der Waals surface area contributed by atoms with Gasteiger partial charge in [-0.1, -0.05) is 36.4 Å². The first-order valence-corrected chi connectivity index (χ1v) is 11.3. The van der Waals surface area contributed by atoms with E-state index < -0.39 is 40.8 Å². The van der Waals surface area contributed by atoms with Crippen molar-refractivity contribution in [3.63, 3.8) is 0 Å². The molecule has 2 aliphatic rings. The smallest absolute Gasteiger partial charge is 0.338 e. The van der Waals surface area contributed by atoms with Gasteiger partial charge in [0, 0.05) is 12.1 Å². The number of carbonyl (C=O) groups excluding carboxylic acids is 3. The van der Waals surface area contributed by atoms with Crippen molar-refractivity contribution in [3.05, 3.63) is 100 Å². The molecule has 10 heteroatoms. The molecule has 2 amide bonds. The monoisotopic (exact) mass is 487 g/mol. The van der Waals surface area contributed by atoms with Gasteiger partial charge in [0.1, 0.15) is 5.92 Å². The number of amides is 2. The molecule has 0 N–H and O–H groups in total. The summed E-state index contributed by atoms with van der Waals surface area (Å²) in [7, 11) is 0. The van der Waals surface area contributed by atoms with Crippen molar-refractivity contribution >= 4 is 34.8 Å². The standard InChI is InChI=1S/C26H21N3O7/c1-2-35-26(32)17-7-6-10-20(15-17)27-24(30)21-22(16-11-13-19(14-12-16)29(33)34)28(36-23(21)25(27)31)18-8-4-3-5-9-18/h3-15,21-23H,2H2,1H3. The van der Waals surface area contributed by atoms with Crippen LogP contribution in [0.25, 0.3) is 0 Å². The lowest BCUT2D eigenvalue weighted by Crippen LogP contribution is -2.37. The Kier molecular flexibility index (Phi) is 5.95. The Hall–Kier alpha value is -4.57. The first-order valence-electron chi connectivity index (χ1n) is 11.3. The summed E-state index contributed by atoms with van der Waals surface area (Å²) in [6, 6.07) is 20.2. The fourth-order valence-electron chi connectivity index (χ4n) is 4.59. The number of hydrogen-bond donors (Lipinski definition) is 0. The van der Waals surface area contributed by atoms with Gasteiger partial charge in [-0.05, 0) is 42.8 Å². The molecule has 2 fully saturated rings. The third-order valence-electron chi connectivity index (χ3n) is 6.19. The molecular weight excluding hydrogens is 466 g/mol. The summed E-state index contributed by atoms with van der Waals surface area (Å²) in [5, 5.41) is 12.7. The van der Waals surface area contributed by atoms with Crippen LogP contribution in [0.3, 0.4) is 0 Å². The summed E-state index contributed by atoms with van der Waals surface area (Å²) in [6.45, 7) is 1.87. The molecule has 36 heavy (non-hydrogen) atoms. The van der Waals surface area contributed by atoms with Gasteiger partial charge in [-0.15, -0.1) is 0 Å². The van der Waals surface area contributed by atoms with E-state index in [2.05, 4.69) is 0 Å². The molecule has 0 aromatic heterocycles. The maximum absolute atomic E-state index is 13.7. The third-order valence-corrected chi connectivity index (χ3v) is 6.19. The number of esters is 1. The number of benzene rings is 3. The van der Waals surface area contributed by atoms with Crippen LogP contribution >= 0.6 is 0 Å². The first kappa shape index (κ1) is 23.2. The third kappa shape index (κ3) is 3.87. The molecule has 2 aliphatic heterocycles. The van der Waals surface area contributed by atoms with Crippen LogP contribution in [0.2, 0.25) is 0 Å². The van der Waals surface area contributed by atoms with Crippen molar-refractivity contribution in [2.24, 2.45) is 5.92 Å². The first-order chi connectivity index (χ1) is 17.4.